The minimum atomic E-state index is -0.177. The molecule has 0 atom stereocenters. The molecule has 0 aromatic carbocycles. The Morgan fingerprint density at radius 1 is 1.47 bits per heavy atom. The lowest BCUT2D eigenvalue weighted by atomic mass is 10.3. The average Bonchev–Trinajstić information content (AvgIpc) is 2.22. The van der Waals surface area contributed by atoms with Gasteiger partial charge in [0.05, 0.1) is 0 Å². The smallest absolute Gasteiger partial charge is 0.235 e. The summed E-state index contributed by atoms with van der Waals surface area (Å²) in [5.74, 6) is -0.177. The van der Waals surface area contributed by atoms with Gasteiger partial charge in [-0.1, -0.05) is 12.2 Å². The van der Waals surface area contributed by atoms with Crippen molar-refractivity contribution in [3.8, 4) is 0 Å². The van der Waals surface area contributed by atoms with Crippen molar-refractivity contribution in [2.45, 2.75) is 6.92 Å². The summed E-state index contributed by atoms with van der Waals surface area (Å²) in [6, 6.07) is 7.39. The number of fused-ring (bicyclic) bond motifs is 1. The van der Waals surface area contributed by atoms with Gasteiger partial charge in [-0.3, -0.25) is 10.2 Å². The summed E-state index contributed by atoms with van der Waals surface area (Å²) in [5, 5.41) is 0.930. The molecule has 0 spiro atoms. The number of aromatic nitrogens is 2. The Morgan fingerprint density at radius 3 is 3.00 bits per heavy atom. The van der Waals surface area contributed by atoms with Gasteiger partial charge in [-0.25, -0.2) is 9.66 Å². The van der Waals surface area contributed by atoms with Gasteiger partial charge in [0.1, 0.15) is 4.64 Å². The Morgan fingerprint density at radius 2 is 2.27 bits per heavy atom. The number of rotatable bonds is 1. The quantitative estimate of drug-likeness (QED) is 0.745. The van der Waals surface area contributed by atoms with Crippen molar-refractivity contribution in [2.75, 3.05) is 5.43 Å². The molecule has 76 valence electrons. The van der Waals surface area contributed by atoms with Crippen molar-refractivity contribution in [3.05, 3.63) is 35.1 Å². The highest BCUT2D eigenvalue weighted by Gasteiger charge is 2.01. The van der Waals surface area contributed by atoms with Crippen LogP contribution >= 0.6 is 12.2 Å². The molecule has 0 saturated heterocycles. The molecule has 2 heterocycles. The van der Waals surface area contributed by atoms with E-state index >= 15 is 0 Å². The summed E-state index contributed by atoms with van der Waals surface area (Å²) in [4.78, 5) is 15.2. The molecular weight excluding hydrogens is 210 g/mol. The van der Waals surface area contributed by atoms with E-state index in [1.54, 1.807) is 12.3 Å². The molecule has 0 fully saturated rings. The van der Waals surface area contributed by atoms with Gasteiger partial charge < -0.3 is 0 Å². The first-order valence-corrected chi connectivity index (χ1v) is 4.84. The molecule has 2 aromatic heterocycles. The molecule has 4 nitrogen and oxygen atoms in total. The maximum Gasteiger partial charge on any atom is 0.235 e. The monoisotopic (exact) mass is 219 g/mol. The first-order chi connectivity index (χ1) is 7.18. The minimum Gasteiger partial charge on any atom is -0.274 e. The molecule has 0 radical (unpaired) electrons. The predicted octanol–water partition coefficient (Wildman–Crippen LogP) is 1.86. The molecular formula is C10H9N3OS. The molecule has 15 heavy (non-hydrogen) atoms. The Labute approximate surface area is 91.5 Å². The Hall–Kier alpha value is -1.75. The first kappa shape index (κ1) is 9.79. The van der Waals surface area contributed by atoms with Gasteiger partial charge in [-0.05, 0) is 24.3 Å². The lowest BCUT2D eigenvalue weighted by Crippen LogP contribution is -2.21. The van der Waals surface area contributed by atoms with Gasteiger partial charge in [0, 0.05) is 18.5 Å². The van der Waals surface area contributed by atoms with Crippen LogP contribution in [0.15, 0.2) is 30.5 Å². The highest BCUT2D eigenvalue weighted by atomic mass is 32.1. The van der Waals surface area contributed by atoms with Gasteiger partial charge >= 0.3 is 0 Å². The zero-order valence-corrected chi connectivity index (χ0v) is 8.91. The molecule has 1 N–H and O–H groups in total. The topological polar surface area (TPSA) is 46.9 Å². The maximum absolute atomic E-state index is 11.0. The van der Waals surface area contributed by atoms with Crippen LogP contribution in [0.4, 0.5) is 0 Å². The number of nitrogens with one attached hydrogen (secondary N) is 1. The van der Waals surface area contributed by atoms with Crippen molar-refractivity contribution in [1.82, 2.24) is 9.66 Å². The summed E-state index contributed by atoms with van der Waals surface area (Å²) in [6.07, 6.45) is 1.66. The SMILES string of the molecule is CC(=O)Nn1c(=S)ccc2cccnc21. The fourth-order valence-corrected chi connectivity index (χ4v) is 1.53. The zero-order chi connectivity index (χ0) is 10.8. The molecule has 2 aromatic rings. The summed E-state index contributed by atoms with van der Waals surface area (Å²) in [7, 11) is 0. The van der Waals surface area contributed by atoms with E-state index in [0.29, 0.717) is 10.3 Å². The second kappa shape index (κ2) is 3.78. The second-order valence-electron chi connectivity index (χ2n) is 3.09. The fraction of sp³-hybridized carbons (Fsp3) is 0.100. The van der Waals surface area contributed by atoms with Gasteiger partial charge in [0.25, 0.3) is 0 Å². The van der Waals surface area contributed by atoms with E-state index < -0.39 is 0 Å². The van der Waals surface area contributed by atoms with Crippen LogP contribution in [-0.2, 0) is 4.79 Å². The summed E-state index contributed by atoms with van der Waals surface area (Å²) in [5.41, 5.74) is 3.28. The van der Waals surface area contributed by atoms with Crippen molar-refractivity contribution in [3.63, 3.8) is 0 Å². The highest BCUT2D eigenvalue weighted by Crippen LogP contribution is 2.10. The van der Waals surface area contributed by atoms with Crippen LogP contribution in [0, 0.1) is 4.64 Å². The molecule has 0 aliphatic heterocycles. The Bertz CT molecular complexity index is 576. The van der Waals surface area contributed by atoms with E-state index in [4.69, 9.17) is 12.2 Å². The van der Waals surface area contributed by atoms with Crippen molar-refractivity contribution >= 4 is 29.2 Å². The normalized spacial score (nSPS) is 10.2. The van der Waals surface area contributed by atoms with Crippen LogP contribution in [0.25, 0.3) is 11.0 Å². The number of hydrogen-bond donors (Lipinski definition) is 1. The Balaban J connectivity index is 2.74. The van der Waals surface area contributed by atoms with E-state index in [2.05, 4.69) is 10.4 Å². The third-order valence-electron chi connectivity index (χ3n) is 1.92. The number of amides is 1. The third kappa shape index (κ3) is 1.87. The van der Waals surface area contributed by atoms with Gasteiger partial charge in [0.2, 0.25) is 5.91 Å². The van der Waals surface area contributed by atoms with Crippen LogP contribution in [-0.4, -0.2) is 15.6 Å². The summed E-state index contributed by atoms with van der Waals surface area (Å²) >= 11 is 5.11. The van der Waals surface area contributed by atoms with E-state index in [-0.39, 0.29) is 5.91 Å². The fourth-order valence-electron chi connectivity index (χ4n) is 1.33. The van der Waals surface area contributed by atoms with Crippen LogP contribution < -0.4 is 5.43 Å². The zero-order valence-electron chi connectivity index (χ0n) is 8.10. The summed E-state index contributed by atoms with van der Waals surface area (Å²) in [6.45, 7) is 1.43. The molecule has 0 saturated carbocycles. The highest BCUT2D eigenvalue weighted by molar-refractivity contribution is 7.71. The van der Waals surface area contributed by atoms with E-state index in [1.807, 2.05) is 18.2 Å². The molecule has 5 heteroatoms. The number of hydrogen-bond acceptors (Lipinski definition) is 3. The Kier molecular flexibility index (Phi) is 2.47. The average molecular weight is 219 g/mol. The number of pyridine rings is 2. The molecule has 1 amide bonds. The van der Waals surface area contributed by atoms with E-state index in [1.165, 1.54) is 11.6 Å². The van der Waals surface area contributed by atoms with Crippen LogP contribution in [0.3, 0.4) is 0 Å². The molecule has 0 unspecified atom stereocenters. The van der Waals surface area contributed by atoms with Crippen molar-refractivity contribution in [1.29, 1.82) is 0 Å². The van der Waals surface area contributed by atoms with E-state index in [0.717, 1.165) is 5.39 Å². The van der Waals surface area contributed by atoms with Gasteiger partial charge in [0.15, 0.2) is 5.65 Å². The lowest BCUT2D eigenvalue weighted by molar-refractivity contribution is -0.115. The van der Waals surface area contributed by atoms with E-state index in [9.17, 15) is 4.79 Å². The second-order valence-corrected chi connectivity index (χ2v) is 3.51. The lowest BCUT2D eigenvalue weighted by Gasteiger charge is -2.09. The van der Waals surface area contributed by atoms with Gasteiger partial charge in [-0.15, -0.1) is 0 Å². The molecule has 0 aliphatic carbocycles. The number of nitrogens with zero attached hydrogens (tertiary/aromatic N) is 2. The van der Waals surface area contributed by atoms with Gasteiger partial charge in [-0.2, -0.15) is 0 Å². The standard InChI is InChI=1S/C10H9N3OS/c1-7(14)12-13-9(15)5-4-8-3-2-6-11-10(8)13/h2-6H,1H3,(H,12,14). The van der Waals surface area contributed by atoms with Crippen LogP contribution in [0.2, 0.25) is 0 Å². The number of carbonyl (C=O) groups is 1. The molecule has 0 aliphatic rings. The summed E-state index contributed by atoms with van der Waals surface area (Å²) < 4.78 is 2.03. The van der Waals surface area contributed by atoms with Crippen LogP contribution in [0.5, 0.6) is 0 Å². The molecule has 0 bridgehead atoms. The first-order valence-electron chi connectivity index (χ1n) is 4.43. The largest absolute Gasteiger partial charge is 0.274 e. The number of carbonyl (C=O) groups excluding carboxylic acids is 1. The molecule has 2 rings (SSSR count). The van der Waals surface area contributed by atoms with Crippen LogP contribution in [0.1, 0.15) is 6.92 Å². The predicted molar refractivity (Wildman–Crippen MR) is 60.6 cm³/mol. The minimum absolute atomic E-state index is 0.177. The maximum atomic E-state index is 11.0. The third-order valence-corrected chi connectivity index (χ3v) is 2.24. The van der Waals surface area contributed by atoms with Crippen molar-refractivity contribution in [2.24, 2.45) is 0 Å². The van der Waals surface area contributed by atoms with Crippen molar-refractivity contribution < 1.29 is 4.79 Å².